The van der Waals surface area contributed by atoms with Gasteiger partial charge in [0.15, 0.2) is 0 Å². The molecule has 6 nitrogen and oxygen atoms in total. The van der Waals surface area contributed by atoms with Crippen molar-refractivity contribution in [2.24, 2.45) is 5.73 Å². The number of carbonyl (C=O) groups is 1. The second kappa shape index (κ2) is 6.15. The third kappa shape index (κ3) is 3.43. The fourth-order valence-electron chi connectivity index (χ4n) is 1.84. The van der Waals surface area contributed by atoms with Crippen LogP contribution in [0.4, 0.5) is 11.4 Å². The molecule has 0 aliphatic rings. The van der Waals surface area contributed by atoms with Gasteiger partial charge in [-0.2, -0.15) is 0 Å². The summed E-state index contributed by atoms with van der Waals surface area (Å²) in [5, 5.41) is 13.5. The molecule has 0 unspecified atom stereocenters. The van der Waals surface area contributed by atoms with Crippen LogP contribution >= 0.6 is 0 Å². The highest BCUT2D eigenvalue weighted by Gasteiger charge is 2.12. The number of rotatable bonds is 4. The summed E-state index contributed by atoms with van der Waals surface area (Å²) in [5.74, 6) is -0.317. The predicted octanol–water partition coefficient (Wildman–Crippen LogP) is 2.61. The van der Waals surface area contributed by atoms with Crippen LogP contribution in [0.1, 0.15) is 21.5 Å². The third-order valence-corrected chi connectivity index (χ3v) is 3.13. The van der Waals surface area contributed by atoms with Crippen molar-refractivity contribution in [3.63, 3.8) is 0 Å². The Hall–Kier alpha value is -2.73. The molecule has 0 spiro atoms. The topological polar surface area (TPSA) is 98.3 Å². The molecule has 3 N–H and O–H groups in total. The summed E-state index contributed by atoms with van der Waals surface area (Å²) in [6, 6.07) is 11.2. The lowest BCUT2D eigenvalue weighted by Crippen LogP contribution is -2.13. The van der Waals surface area contributed by atoms with E-state index < -0.39 is 4.92 Å². The molecule has 1 amide bonds. The van der Waals surface area contributed by atoms with Gasteiger partial charge in [0.25, 0.3) is 11.6 Å². The van der Waals surface area contributed by atoms with Crippen molar-refractivity contribution < 1.29 is 9.72 Å². The number of aryl methyl sites for hydroxylation is 1. The van der Waals surface area contributed by atoms with Crippen molar-refractivity contribution in [3.05, 3.63) is 69.3 Å². The number of nitro benzene ring substituents is 1. The van der Waals surface area contributed by atoms with E-state index in [1.54, 1.807) is 37.3 Å². The van der Waals surface area contributed by atoms with Gasteiger partial charge in [0.2, 0.25) is 0 Å². The molecule has 0 aliphatic carbocycles. The van der Waals surface area contributed by atoms with E-state index in [2.05, 4.69) is 5.32 Å². The molecular formula is C15H15N3O3. The van der Waals surface area contributed by atoms with Gasteiger partial charge >= 0.3 is 0 Å². The molecule has 108 valence electrons. The van der Waals surface area contributed by atoms with Crippen LogP contribution < -0.4 is 11.1 Å². The van der Waals surface area contributed by atoms with E-state index in [0.717, 1.165) is 11.1 Å². The van der Waals surface area contributed by atoms with E-state index >= 15 is 0 Å². The fourth-order valence-corrected chi connectivity index (χ4v) is 1.84. The van der Waals surface area contributed by atoms with Gasteiger partial charge in [-0.3, -0.25) is 14.9 Å². The maximum atomic E-state index is 12.1. The van der Waals surface area contributed by atoms with Crippen LogP contribution in [0.15, 0.2) is 42.5 Å². The fraction of sp³-hybridized carbons (Fsp3) is 0.133. The number of hydrogen-bond donors (Lipinski definition) is 2. The van der Waals surface area contributed by atoms with Crippen molar-refractivity contribution in [2.45, 2.75) is 13.5 Å². The van der Waals surface area contributed by atoms with E-state index in [4.69, 9.17) is 5.73 Å². The van der Waals surface area contributed by atoms with E-state index in [-0.39, 0.29) is 11.6 Å². The Kier molecular flexibility index (Phi) is 4.30. The first-order chi connectivity index (χ1) is 10.0. The highest BCUT2D eigenvalue weighted by molar-refractivity contribution is 6.04. The highest BCUT2D eigenvalue weighted by atomic mass is 16.6. The minimum Gasteiger partial charge on any atom is -0.326 e. The Morgan fingerprint density at radius 2 is 1.90 bits per heavy atom. The summed E-state index contributed by atoms with van der Waals surface area (Å²) in [5.41, 5.74) is 8.02. The van der Waals surface area contributed by atoms with Gasteiger partial charge in [-0.1, -0.05) is 18.2 Å². The molecule has 0 fully saturated rings. The largest absolute Gasteiger partial charge is 0.326 e. The molecule has 2 aromatic rings. The lowest BCUT2D eigenvalue weighted by molar-refractivity contribution is -0.384. The smallest absolute Gasteiger partial charge is 0.271 e. The number of nitro groups is 1. The molecule has 6 heteroatoms. The number of hydrogen-bond acceptors (Lipinski definition) is 4. The first-order valence-corrected chi connectivity index (χ1v) is 6.36. The zero-order valence-electron chi connectivity index (χ0n) is 11.5. The molecule has 0 aromatic heterocycles. The quantitative estimate of drug-likeness (QED) is 0.666. The van der Waals surface area contributed by atoms with Crippen molar-refractivity contribution >= 4 is 17.3 Å². The zero-order valence-corrected chi connectivity index (χ0v) is 11.5. The Morgan fingerprint density at radius 1 is 1.24 bits per heavy atom. The van der Waals surface area contributed by atoms with E-state index in [1.165, 1.54) is 12.1 Å². The van der Waals surface area contributed by atoms with Gasteiger partial charge < -0.3 is 11.1 Å². The van der Waals surface area contributed by atoms with E-state index in [9.17, 15) is 14.9 Å². The summed E-state index contributed by atoms with van der Waals surface area (Å²) < 4.78 is 0. The Balaban J connectivity index is 2.22. The molecule has 0 aliphatic heterocycles. The zero-order chi connectivity index (χ0) is 15.4. The first-order valence-electron chi connectivity index (χ1n) is 6.36. The Morgan fingerprint density at radius 3 is 2.48 bits per heavy atom. The number of carbonyl (C=O) groups excluding carboxylic acids is 1. The third-order valence-electron chi connectivity index (χ3n) is 3.13. The van der Waals surface area contributed by atoms with Gasteiger partial charge in [-0.05, 0) is 30.2 Å². The molecule has 0 saturated carbocycles. The summed E-state index contributed by atoms with van der Waals surface area (Å²) in [6.07, 6.45) is 0. The number of nitrogens with two attached hydrogens (primary N) is 1. The molecule has 2 rings (SSSR count). The van der Waals surface area contributed by atoms with Crippen molar-refractivity contribution in [2.75, 3.05) is 5.32 Å². The Bertz CT molecular complexity index is 681. The molecule has 0 bridgehead atoms. The molecule has 2 aromatic carbocycles. The predicted molar refractivity (Wildman–Crippen MR) is 80.1 cm³/mol. The minimum atomic E-state index is -0.495. The number of non-ortho nitro benzene ring substituents is 1. The minimum absolute atomic E-state index is 0.0608. The normalized spacial score (nSPS) is 10.2. The van der Waals surface area contributed by atoms with Gasteiger partial charge in [0.05, 0.1) is 10.6 Å². The van der Waals surface area contributed by atoms with Gasteiger partial charge in [0.1, 0.15) is 0 Å². The number of amides is 1. The SMILES string of the molecule is Cc1ccc([N+](=O)[O-])cc1NC(=O)c1ccc(CN)cc1. The van der Waals surface area contributed by atoms with Gasteiger partial charge in [-0.15, -0.1) is 0 Å². The van der Waals surface area contributed by atoms with Gasteiger partial charge in [-0.25, -0.2) is 0 Å². The molecule has 0 heterocycles. The standard InChI is InChI=1S/C15H15N3O3/c1-10-2-7-13(18(20)21)8-14(10)17-15(19)12-5-3-11(9-16)4-6-12/h2-8H,9,16H2,1H3,(H,17,19). The molecular weight excluding hydrogens is 270 g/mol. The van der Waals surface area contributed by atoms with Crippen molar-refractivity contribution in [1.29, 1.82) is 0 Å². The second-order valence-corrected chi connectivity index (χ2v) is 4.61. The van der Waals surface area contributed by atoms with E-state index in [0.29, 0.717) is 17.8 Å². The second-order valence-electron chi connectivity index (χ2n) is 4.61. The summed E-state index contributed by atoms with van der Waals surface area (Å²) in [6.45, 7) is 2.18. The van der Waals surface area contributed by atoms with Crippen LogP contribution in [0.2, 0.25) is 0 Å². The lowest BCUT2D eigenvalue weighted by Gasteiger charge is -2.08. The monoisotopic (exact) mass is 285 g/mol. The van der Waals surface area contributed by atoms with Crippen LogP contribution in [0.25, 0.3) is 0 Å². The number of nitrogens with zero attached hydrogens (tertiary/aromatic N) is 1. The van der Waals surface area contributed by atoms with Crippen molar-refractivity contribution in [1.82, 2.24) is 0 Å². The number of benzene rings is 2. The van der Waals surface area contributed by atoms with Gasteiger partial charge in [0, 0.05) is 24.2 Å². The van der Waals surface area contributed by atoms with Crippen LogP contribution in [0.3, 0.4) is 0 Å². The lowest BCUT2D eigenvalue weighted by atomic mass is 10.1. The molecule has 0 saturated heterocycles. The number of nitrogens with one attached hydrogen (secondary N) is 1. The van der Waals surface area contributed by atoms with Crippen LogP contribution in [0, 0.1) is 17.0 Å². The summed E-state index contributed by atoms with van der Waals surface area (Å²) in [4.78, 5) is 22.4. The molecule has 0 radical (unpaired) electrons. The van der Waals surface area contributed by atoms with Crippen molar-refractivity contribution in [3.8, 4) is 0 Å². The average molecular weight is 285 g/mol. The average Bonchev–Trinajstić information content (AvgIpc) is 2.49. The number of anilines is 1. The summed E-state index contributed by atoms with van der Waals surface area (Å²) >= 11 is 0. The highest BCUT2D eigenvalue weighted by Crippen LogP contribution is 2.22. The van der Waals surface area contributed by atoms with Crippen LogP contribution in [0.5, 0.6) is 0 Å². The maximum Gasteiger partial charge on any atom is 0.271 e. The molecule has 0 atom stereocenters. The first kappa shape index (κ1) is 14.7. The van der Waals surface area contributed by atoms with E-state index in [1.807, 2.05) is 0 Å². The van der Waals surface area contributed by atoms with Crippen LogP contribution in [-0.2, 0) is 6.54 Å². The molecule has 21 heavy (non-hydrogen) atoms. The van der Waals surface area contributed by atoms with Crippen LogP contribution in [-0.4, -0.2) is 10.8 Å². The maximum absolute atomic E-state index is 12.1. The summed E-state index contributed by atoms with van der Waals surface area (Å²) in [7, 11) is 0. The Labute approximate surface area is 121 Å².